The van der Waals surface area contributed by atoms with Gasteiger partial charge in [0.15, 0.2) is 0 Å². The summed E-state index contributed by atoms with van der Waals surface area (Å²) < 4.78 is 12.9. The highest BCUT2D eigenvalue weighted by Crippen LogP contribution is 2.60. The summed E-state index contributed by atoms with van der Waals surface area (Å²) >= 11 is 11.1. The van der Waals surface area contributed by atoms with Gasteiger partial charge in [-0.3, -0.25) is 4.57 Å². The molecule has 0 aromatic carbocycles. The summed E-state index contributed by atoms with van der Waals surface area (Å²) in [5.41, 5.74) is 0. The molecule has 0 bridgehead atoms. The molecule has 0 atom stereocenters. The van der Waals surface area contributed by atoms with Crippen LogP contribution in [0.5, 0.6) is 0 Å². The molecule has 0 amide bonds. The lowest BCUT2D eigenvalue weighted by atomic mass is 10.2. The molecule has 0 aliphatic carbocycles. The highest BCUT2D eigenvalue weighted by Gasteiger charge is 2.25. The second-order valence-corrected chi connectivity index (χ2v) is 7.51. The lowest BCUT2D eigenvalue weighted by molar-refractivity contribution is 0.442. The lowest BCUT2D eigenvalue weighted by Crippen LogP contribution is -2.16. The van der Waals surface area contributed by atoms with Gasteiger partial charge in [-0.2, -0.15) is 0 Å². The summed E-state index contributed by atoms with van der Waals surface area (Å²) in [6.07, 6.45) is 4.52. The molecule has 66 valence electrons. The molecule has 1 fully saturated rings. The van der Waals surface area contributed by atoms with E-state index in [2.05, 4.69) is 0 Å². The third kappa shape index (κ3) is 3.33. The number of rotatable bonds is 1. The SMILES string of the molecule is O=P(Cl)(Cl)N1CCCCCC1. The van der Waals surface area contributed by atoms with Gasteiger partial charge in [0, 0.05) is 13.1 Å². The van der Waals surface area contributed by atoms with E-state index in [1.54, 1.807) is 4.67 Å². The van der Waals surface area contributed by atoms with Gasteiger partial charge in [0.05, 0.1) is 0 Å². The highest BCUT2D eigenvalue weighted by atomic mass is 35.9. The minimum absolute atomic E-state index is 0.782. The van der Waals surface area contributed by atoms with Crippen molar-refractivity contribution in [3.8, 4) is 0 Å². The van der Waals surface area contributed by atoms with E-state index in [0.717, 1.165) is 25.9 Å². The molecule has 1 aliphatic heterocycles. The van der Waals surface area contributed by atoms with Crippen molar-refractivity contribution in [2.45, 2.75) is 25.7 Å². The van der Waals surface area contributed by atoms with E-state index in [1.165, 1.54) is 12.8 Å². The Hall–Kier alpha value is 0.770. The molecule has 1 rings (SSSR count). The summed E-state index contributed by atoms with van der Waals surface area (Å²) in [5, 5.41) is 0. The normalized spacial score (nSPS) is 23.1. The fourth-order valence-electron chi connectivity index (χ4n) is 1.29. The topological polar surface area (TPSA) is 20.3 Å². The molecular weight excluding hydrogens is 204 g/mol. The molecule has 1 aliphatic rings. The van der Waals surface area contributed by atoms with Crippen molar-refractivity contribution in [3.63, 3.8) is 0 Å². The van der Waals surface area contributed by atoms with Gasteiger partial charge in [0.1, 0.15) is 0 Å². The largest absolute Gasteiger partial charge is 0.322 e. The maximum Gasteiger partial charge on any atom is 0.322 e. The standard InChI is InChI=1S/C6H12Cl2NOP/c7-11(8,10)9-5-3-1-2-4-6-9/h1-6H2. The summed E-state index contributed by atoms with van der Waals surface area (Å²) in [5.74, 6) is -2.99. The molecule has 0 aromatic heterocycles. The summed E-state index contributed by atoms with van der Waals surface area (Å²) in [6.45, 7) is 1.56. The Morgan fingerprint density at radius 3 is 1.82 bits per heavy atom. The third-order valence-electron chi connectivity index (χ3n) is 1.91. The Labute approximate surface area is 76.9 Å². The van der Waals surface area contributed by atoms with Crippen molar-refractivity contribution >= 4 is 28.5 Å². The molecule has 0 aromatic rings. The van der Waals surface area contributed by atoms with Gasteiger partial charge in [-0.15, -0.1) is 0 Å². The van der Waals surface area contributed by atoms with Crippen LogP contribution < -0.4 is 0 Å². The van der Waals surface area contributed by atoms with Gasteiger partial charge in [-0.05, 0) is 35.3 Å². The van der Waals surface area contributed by atoms with Gasteiger partial charge in [-0.1, -0.05) is 12.8 Å². The van der Waals surface area contributed by atoms with E-state index < -0.39 is 6.00 Å². The van der Waals surface area contributed by atoms with E-state index in [0.29, 0.717) is 0 Å². The van der Waals surface area contributed by atoms with E-state index in [1.807, 2.05) is 0 Å². The molecule has 1 heterocycles. The maximum atomic E-state index is 11.2. The first-order valence-corrected chi connectivity index (χ1v) is 7.32. The lowest BCUT2D eigenvalue weighted by Gasteiger charge is -2.19. The molecule has 2 nitrogen and oxygen atoms in total. The maximum absolute atomic E-state index is 11.2. The predicted octanol–water partition coefficient (Wildman–Crippen LogP) is 3.45. The van der Waals surface area contributed by atoms with Crippen LogP contribution in [0.3, 0.4) is 0 Å². The van der Waals surface area contributed by atoms with Gasteiger partial charge < -0.3 is 0 Å². The quantitative estimate of drug-likeness (QED) is 0.625. The molecule has 0 spiro atoms. The molecule has 0 saturated carbocycles. The second kappa shape index (κ2) is 4.13. The average molecular weight is 216 g/mol. The Balaban J connectivity index is 2.49. The van der Waals surface area contributed by atoms with Crippen LogP contribution in [0.25, 0.3) is 0 Å². The zero-order valence-electron chi connectivity index (χ0n) is 6.30. The zero-order valence-corrected chi connectivity index (χ0v) is 8.71. The first kappa shape index (κ1) is 9.85. The Morgan fingerprint density at radius 2 is 1.45 bits per heavy atom. The Morgan fingerprint density at radius 1 is 1.00 bits per heavy atom. The first-order chi connectivity index (χ1) is 5.11. The van der Waals surface area contributed by atoms with Gasteiger partial charge >= 0.3 is 6.00 Å². The minimum atomic E-state index is -2.99. The van der Waals surface area contributed by atoms with E-state index in [4.69, 9.17) is 22.5 Å². The first-order valence-electron chi connectivity index (χ1n) is 3.85. The number of halogens is 2. The monoisotopic (exact) mass is 215 g/mol. The van der Waals surface area contributed by atoms with Crippen LogP contribution >= 0.6 is 28.5 Å². The summed E-state index contributed by atoms with van der Waals surface area (Å²) in [7, 11) is 0. The van der Waals surface area contributed by atoms with Crippen molar-refractivity contribution in [2.24, 2.45) is 0 Å². The number of nitrogens with zero attached hydrogens (tertiary/aromatic N) is 1. The summed E-state index contributed by atoms with van der Waals surface area (Å²) in [4.78, 5) is 0. The van der Waals surface area contributed by atoms with Crippen molar-refractivity contribution in [1.29, 1.82) is 0 Å². The Kier molecular flexibility index (Phi) is 3.70. The van der Waals surface area contributed by atoms with Crippen LogP contribution in [-0.2, 0) is 4.57 Å². The van der Waals surface area contributed by atoms with Crippen LogP contribution in [0, 0.1) is 0 Å². The highest BCUT2D eigenvalue weighted by molar-refractivity contribution is 8.06. The van der Waals surface area contributed by atoms with Crippen molar-refractivity contribution in [3.05, 3.63) is 0 Å². The zero-order chi connectivity index (χ0) is 8.32. The van der Waals surface area contributed by atoms with E-state index >= 15 is 0 Å². The molecule has 1 saturated heterocycles. The van der Waals surface area contributed by atoms with Crippen LogP contribution in [-0.4, -0.2) is 17.8 Å². The van der Waals surface area contributed by atoms with Crippen LogP contribution in [0.2, 0.25) is 0 Å². The van der Waals surface area contributed by atoms with Crippen LogP contribution in [0.1, 0.15) is 25.7 Å². The molecule has 0 radical (unpaired) electrons. The van der Waals surface area contributed by atoms with Gasteiger partial charge in [0.25, 0.3) is 0 Å². The fraction of sp³-hybridized carbons (Fsp3) is 1.00. The molecule has 5 heteroatoms. The smallest absolute Gasteiger partial charge is 0.271 e. The number of hydrogen-bond donors (Lipinski definition) is 0. The number of hydrogen-bond acceptors (Lipinski definition) is 1. The average Bonchev–Trinajstić information content (AvgIpc) is 2.10. The second-order valence-electron chi connectivity index (χ2n) is 2.80. The predicted molar refractivity (Wildman–Crippen MR) is 49.4 cm³/mol. The fourth-order valence-corrected chi connectivity index (χ4v) is 2.94. The van der Waals surface area contributed by atoms with Crippen molar-refractivity contribution in [1.82, 2.24) is 4.67 Å². The van der Waals surface area contributed by atoms with E-state index in [9.17, 15) is 4.57 Å². The van der Waals surface area contributed by atoms with Crippen molar-refractivity contribution in [2.75, 3.05) is 13.1 Å². The van der Waals surface area contributed by atoms with Crippen LogP contribution in [0.15, 0.2) is 0 Å². The van der Waals surface area contributed by atoms with Crippen LogP contribution in [0.4, 0.5) is 0 Å². The van der Waals surface area contributed by atoms with Crippen molar-refractivity contribution < 1.29 is 4.57 Å². The minimum Gasteiger partial charge on any atom is -0.271 e. The van der Waals surface area contributed by atoms with Gasteiger partial charge in [-0.25, -0.2) is 4.67 Å². The van der Waals surface area contributed by atoms with Gasteiger partial charge in [0.2, 0.25) is 0 Å². The Bertz CT molecular complexity index is 162. The molecule has 0 unspecified atom stereocenters. The molecule has 11 heavy (non-hydrogen) atoms. The molecule has 0 N–H and O–H groups in total. The third-order valence-corrected chi connectivity index (χ3v) is 4.25. The molecular formula is C6H12Cl2NOP. The summed E-state index contributed by atoms with van der Waals surface area (Å²) in [6, 6.07) is 0. The van der Waals surface area contributed by atoms with E-state index in [-0.39, 0.29) is 0 Å².